The van der Waals surface area contributed by atoms with Gasteiger partial charge >= 0.3 is 0 Å². The molecular formula is C20H31N3O2S. The van der Waals surface area contributed by atoms with Crippen LogP contribution in [0.3, 0.4) is 0 Å². The molecule has 3 rings (SSSR count). The zero-order chi connectivity index (χ0) is 18.9. The van der Waals surface area contributed by atoms with Crippen LogP contribution in [0, 0.1) is 11.3 Å². The number of hydrogen-bond donors (Lipinski definition) is 1. The Bertz CT molecular complexity index is 669. The first kappa shape index (κ1) is 19.4. The van der Waals surface area contributed by atoms with Crippen molar-refractivity contribution in [2.45, 2.75) is 40.0 Å². The van der Waals surface area contributed by atoms with Gasteiger partial charge in [-0.25, -0.2) is 0 Å². The van der Waals surface area contributed by atoms with Crippen LogP contribution in [0.15, 0.2) is 6.07 Å². The molecule has 1 fully saturated rings. The van der Waals surface area contributed by atoms with Gasteiger partial charge in [0.25, 0.3) is 5.91 Å². The Labute approximate surface area is 160 Å². The number of thiophene rings is 1. The summed E-state index contributed by atoms with van der Waals surface area (Å²) in [4.78, 5) is 30.8. The van der Waals surface area contributed by atoms with E-state index in [0.717, 1.165) is 30.8 Å². The number of nitrogens with one attached hydrogen (secondary N) is 1. The fourth-order valence-corrected chi connectivity index (χ4v) is 5.09. The number of likely N-dealkylation sites (N-methyl/N-ethyl adjacent to an activating group) is 1. The number of fused-ring (bicyclic) bond motifs is 1. The molecule has 0 bridgehead atoms. The zero-order valence-electron chi connectivity index (χ0n) is 16.4. The van der Waals surface area contributed by atoms with Crippen molar-refractivity contribution in [2.75, 3.05) is 39.8 Å². The highest BCUT2D eigenvalue weighted by molar-refractivity contribution is 7.14. The van der Waals surface area contributed by atoms with E-state index in [0.29, 0.717) is 31.0 Å². The van der Waals surface area contributed by atoms with E-state index >= 15 is 0 Å². The number of carbonyl (C=O) groups is 2. The molecule has 1 aromatic heterocycles. The van der Waals surface area contributed by atoms with Crippen LogP contribution in [-0.4, -0.2) is 61.4 Å². The first-order valence-electron chi connectivity index (χ1n) is 9.61. The summed E-state index contributed by atoms with van der Waals surface area (Å²) in [7, 11) is 1.66. The lowest BCUT2D eigenvalue weighted by atomic mass is 9.72. The third-order valence-corrected chi connectivity index (χ3v) is 7.05. The minimum Gasteiger partial charge on any atom is -0.358 e. The minimum atomic E-state index is 0.0316. The number of hydrogen-bond acceptors (Lipinski definition) is 4. The molecule has 6 heteroatoms. The fraction of sp³-hybridized carbons (Fsp3) is 0.700. The normalized spacial score (nSPS) is 21.4. The van der Waals surface area contributed by atoms with Gasteiger partial charge in [-0.3, -0.25) is 14.5 Å². The molecular weight excluding hydrogens is 346 g/mol. The molecule has 0 saturated carbocycles. The van der Waals surface area contributed by atoms with E-state index in [1.807, 2.05) is 4.90 Å². The van der Waals surface area contributed by atoms with Crippen molar-refractivity contribution in [3.05, 3.63) is 21.4 Å². The molecule has 0 aromatic carbocycles. The van der Waals surface area contributed by atoms with Crippen LogP contribution < -0.4 is 5.32 Å². The summed E-state index contributed by atoms with van der Waals surface area (Å²) in [6.45, 7) is 10.3. The van der Waals surface area contributed by atoms with E-state index in [4.69, 9.17) is 0 Å². The number of rotatable bonds is 3. The van der Waals surface area contributed by atoms with Crippen LogP contribution in [0.2, 0.25) is 0 Å². The predicted octanol–water partition coefficient (Wildman–Crippen LogP) is 2.40. The molecule has 26 heavy (non-hydrogen) atoms. The SMILES string of the molecule is CNC(=O)CN1CCN(C(=O)c2cc3c(s2)CCC(C(C)(C)C)C3)CC1. The third-order valence-electron chi connectivity index (χ3n) is 5.82. The molecule has 5 nitrogen and oxygen atoms in total. The topological polar surface area (TPSA) is 52.7 Å². The van der Waals surface area contributed by atoms with Crippen LogP contribution >= 0.6 is 11.3 Å². The van der Waals surface area contributed by atoms with Gasteiger partial charge < -0.3 is 10.2 Å². The summed E-state index contributed by atoms with van der Waals surface area (Å²) in [5.74, 6) is 0.890. The average molecular weight is 378 g/mol. The maximum atomic E-state index is 12.9. The van der Waals surface area contributed by atoms with Crippen molar-refractivity contribution in [1.82, 2.24) is 15.1 Å². The molecule has 1 aliphatic carbocycles. The highest BCUT2D eigenvalue weighted by Crippen LogP contribution is 2.40. The second-order valence-corrected chi connectivity index (χ2v) is 9.74. The van der Waals surface area contributed by atoms with Crippen LogP contribution in [0.1, 0.15) is 47.3 Å². The summed E-state index contributed by atoms with van der Waals surface area (Å²) < 4.78 is 0. The smallest absolute Gasteiger partial charge is 0.264 e. The van der Waals surface area contributed by atoms with Crippen LogP contribution in [0.4, 0.5) is 0 Å². The van der Waals surface area contributed by atoms with E-state index in [2.05, 4.69) is 37.1 Å². The lowest BCUT2D eigenvalue weighted by Crippen LogP contribution is -2.50. The maximum absolute atomic E-state index is 12.9. The van der Waals surface area contributed by atoms with Crippen LogP contribution in [-0.2, 0) is 17.6 Å². The first-order valence-corrected chi connectivity index (χ1v) is 10.4. The van der Waals surface area contributed by atoms with E-state index in [1.54, 1.807) is 18.4 Å². The standard InChI is InChI=1S/C20H31N3O2S/c1-20(2,3)15-5-6-16-14(11-15)12-17(26-16)19(25)23-9-7-22(8-10-23)13-18(24)21-4/h12,15H,5-11,13H2,1-4H3,(H,21,24). The summed E-state index contributed by atoms with van der Waals surface area (Å²) in [6, 6.07) is 2.15. The van der Waals surface area contributed by atoms with Gasteiger partial charge in [-0.2, -0.15) is 0 Å². The molecule has 2 aliphatic rings. The largest absolute Gasteiger partial charge is 0.358 e. The third kappa shape index (κ3) is 4.29. The zero-order valence-corrected chi connectivity index (χ0v) is 17.2. The van der Waals surface area contributed by atoms with Crippen molar-refractivity contribution in [1.29, 1.82) is 0 Å². The molecule has 1 unspecified atom stereocenters. The molecule has 144 valence electrons. The van der Waals surface area contributed by atoms with Crippen molar-refractivity contribution in [2.24, 2.45) is 11.3 Å². The Kier molecular flexibility index (Phi) is 5.72. The highest BCUT2D eigenvalue weighted by atomic mass is 32.1. The molecule has 1 atom stereocenters. The summed E-state index contributed by atoms with van der Waals surface area (Å²) in [6.07, 6.45) is 3.43. The predicted molar refractivity (Wildman–Crippen MR) is 106 cm³/mol. The van der Waals surface area contributed by atoms with Crippen LogP contribution in [0.25, 0.3) is 0 Å². The van der Waals surface area contributed by atoms with Gasteiger partial charge in [-0.15, -0.1) is 11.3 Å². The Morgan fingerprint density at radius 1 is 1.23 bits per heavy atom. The molecule has 1 aliphatic heterocycles. The lowest BCUT2D eigenvalue weighted by Gasteiger charge is -2.34. The van der Waals surface area contributed by atoms with E-state index in [1.165, 1.54) is 16.9 Å². The molecule has 0 radical (unpaired) electrons. The number of nitrogens with zero attached hydrogens (tertiary/aromatic N) is 2. The number of aryl methyl sites for hydroxylation is 1. The molecule has 1 saturated heterocycles. The monoisotopic (exact) mass is 377 g/mol. The number of amides is 2. The molecule has 2 amide bonds. The molecule has 2 heterocycles. The Morgan fingerprint density at radius 3 is 2.54 bits per heavy atom. The van der Waals surface area contributed by atoms with Gasteiger partial charge in [-0.05, 0) is 42.2 Å². The van der Waals surface area contributed by atoms with E-state index < -0.39 is 0 Å². The number of carbonyl (C=O) groups excluding carboxylic acids is 2. The molecule has 0 spiro atoms. The van der Waals surface area contributed by atoms with Gasteiger partial charge in [0, 0.05) is 38.1 Å². The Hall–Kier alpha value is -1.40. The van der Waals surface area contributed by atoms with Gasteiger partial charge in [0.15, 0.2) is 0 Å². The van der Waals surface area contributed by atoms with Gasteiger partial charge in [0.1, 0.15) is 0 Å². The van der Waals surface area contributed by atoms with E-state index in [9.17, 15) is 9.59 Å². The molecule has 1 aromatic rings. The van der Waals surface area contributed by atoms with Crippen LogP contribution in [0.5, 0.6) is 0 Å². The van der Waals surface area contributed by atoms with Crippen molar-refractivity contribution >= 4 is 23.2 Å². The second kappa shape index (κ2) is 7.69. The van der Waals surface area contributed by atoms with Crippen molar-refractivity contribution in [3.8, 4) is 0 Å². The minimum absolute atomic E-state index is 0.0316. The summed E-state index contributed by atoms with van der Waals surface area (Å²) in [5.41, 5.74) is 1.72. The Balaban J connectivity index is 1.60. The van der Waals surface area contributed by atoms with Gasteiger partial charge in [0.05, 0.1) is 11.4 Å². The number of piperazine rings is 1. The molecule has 1 N–H and O–H groups in total. The van der Waals surface area contributed by atoms with Gasteiger partial charge in [-0.1, -0.05) is 20.8 Å². The lowest BCUT2D eigenvalue weighted by molar-refractivity contribution is -0.122. The van der Waals surface area contributed by atoms with E-state index in [-0.39, 0.29) is 11.8 Å². The second-order valence-electron chi connectivity index (χ2n) is 8.61. The van der Waals surface area contributed by atoms with Crippen molar-refractivity contribution < 1.29 is 9.59 Å². The summed E-state index contributed by atoms with van der Waals surface area (Å²) >= 11 is 1.70. The average Bonchev–Trinajstić information content (AvgIpc) is 3.04. The first-order chi connectivity index (χ1) is 12.3. The maximum Gasteiger partial charge on any atom is 0.264 e. The highest BCUT2D eigenvalue weighted by Gasteiger charge is 2.31. The summed E-state index contributed by atoms with van der Waals surface area (Å²) in [5, 5.41) is 2.65. The van der Waals surface area contributed by atoms with Crippen molar-refractivity contribution in [3.63, 3.8) is 0 Å². The quantitative estimate of drug-likeness (QED) is 0.880. The fourth-order valence-electron chi connectivity index (χ4n) is 3.92. The van der Waals surface area contributed by atoms with Gasteiger partial charge in [0.2, 0.25) is 5.91 Å². The Morgan fingerprint density at radius 2 is 1.92 bits per heavy atom.